The largest absolute Gasteiger partial charge is 0.448 e. The minimum absolute atomic E-state index is 0.0371. The summed E-state index contributed by atoms with van der Waals surface area (Å²) < 4.78 is 5.61. The number of carbonyl (C=O) groups excluding carboxylic acids is 1. The van der Waals surface area contributed by atoms with E-state index in [-0.39, 0.29) is 12.5 Å². The maximum atomic E-state index is 12.5. The SMILES string of the molecule is Cc1c(S)cc(CN)cc1NC(=O)OCC1c2ccccc2-c2ccccc21. The number of nitrogens with two attached hydrogens (primary N) is 1. The first-order valence-corrected chi connectivity index (χ1v) is 9.67. The van der Waals surface area contributed by atoms with Crippen molar-refractivity contribution in [2.75, 3.05) is 11.9 Å². The number of benzene rings is 3. The van der Waals surface area contributed by atoms with Gasteiger partial charge in [-0.15, -0.1) is 12.6 Å². The molecule has 142 valence electrons. The highest BCUT2D eigenvalue weighted by Crippen LogP contribution is 2.44. The summed E-state index contributed by atoms with van der Waals surface area (Å²) in [4.78, 5) is 13.3. The molecule has 0 aromatic heterocycles. The van der Waals surface area contributed by atoms with E-state index in [9.17, 15) is 4.79 Å². The van der Waals surface area contributed by atoms with Crippen molar-refractivity contribution < 1.29 is 9.53 Å². The topological polar surface area (TPSA) is 64.3 Å². The van der Waals surface area contributed by atoms with Crippen LogP contribution in [-0.2, 0) is 11.3 Å². The van der Waals surface area contributed by atoms with Gasteiger partial charge in [-0.3, -0.25) is 5.32 Å². The zero-order chi connectivity index (χ0) is 19.7. The Labute approximate surface area is 170 Å². The molecular formula is C23H22N2O2S. The summed E-state index contributed by atoms with van der Waals surface area (Å²) in [5.74, 6) is 0.0371. The standard InChI is InChI=1S/C23H22N2O2S/c1-14-21(10-15(12-24)11-22(14)28)25-23(26)27-13-20-18-8-4-2-6-16(18)17-7-3-5-9-19(17)20/h2-11,20,28H,12-13,24H2,1H3,(H,25,26). The van der Waals surface area contributed by atoms with Crippen LogP contribution in [0.2, 0.25) is 0 Å². The Bertz CT molecular complexity index is 1000. The van der Waals surface area contributed by atoms with Crippen LogP contribution in [0.1, 0.15) is 28.2 Å². The number of ether oxygens (including phenoxy) is 1. The van der Waals surface area contributed by atoms with Gasteiger partial charge in [0, 0.05) is 23.0 Å². The highest BCUT2D eigenvalue weighted by Gasteiger charge is 2.29. The minimum Gasteiger partial charge on any atom is -0.448 e. The van der Waals surface area contributed by atoms with E-state index in [2.05, 4.69) is 42.2 Å². The van der Waals surface area contributed by atoms with Crippen molar-refractivity contribution in [1.29, 1.82) is 0 Å². The maximum absolute atomic E-state index is 12.5. The van der Waals surface area contributed by atoms with Gasteiger partial charge in [-0.25, -0.2) is 4.79 Å². The number of hydrogen-bond acceptors (Lipinski definition) is 4. The lowest BCUT2D eigenvalue weighted by atomic mass is 9.98. The molecule has 0 heterocycles. The van der Waals surface area contributed by atoms with Crippen LogP contribution >= 0.6 is 12.6 Å². The smallest absolute Gasteiger partial charge is 0.411 e. The number of hydrogen-bond donors (Lipinski definition) is 3. The van der Waals surface area contributed by atoms with Crippen LogP contribution in [0, 0.1) is 6.92 Å². The van der Waals surface area contributed by atoms with Gasteiger partial charge in [-0.2, -0.15) is 0 Å². The van der Waals surface area contributed by atoms with Crippen LogP contribution in [0.15, 0.2) is 65.6 Å². The van der Waals surface area contributed by atoms with Gasteiger partial charge >= 0.3 is 6.09 Å². The second kappa shape index (κ2) is 7.70. The number of nitrogens with one attached hydrogen (secondary N) is 1. The van der Waals surface area contributed by atoms with Gasteiger partial charge in [-0.05, 0) is 52.4 Å². The molecule has 0 saturated carbocycles. The van der Waals surface area contributed by atoms with Gasteiger partial charge in [0.05, 0.1) is 0 Å². The van der Waals surface area contributed by atoms with Gasteiger partial charge in [0.25, 0.3) is 0 Å². The van der Waals surface area contributed by atoms with Crippen LogP contribution in [0.4, 0.5) is 10.5 Å². The fourth-order valence-electron chi connectivity index (χ4n) is 3.75. The third kappa shape index (κ3) is 3.39. The van der Waals surface area contributed by atoms with Crippen molar-refractivity contribution in [3.8, 4) is 11.1 Å². The molecular weight excluding hydrogens is 368 g/mol. The number of carbonyl (C=O) groups is 1. The second-order valence-electron chi connectivity index (χ2n) is 6.94. The zero-order valence-electron chi connectivity index (χ0n) is 15.6. The Hall–Kier alpha value is -2.76. The van der Waals surface area contributed by atoms with Crippen molar-refractivity contribution in [3.63, 3.8) is 0 Å². The van der Waals surface area contributed by atoms with Crippen LogP contribution in [-0.4, -0.2) is 12.7 Å². The lowest BCUT2D eigenvalue weighted by Crippen LogP contribution is -2.18. The summed E-state index contributed by atoms with van der Waals surface area (Å²) in [5.41, 5.74) is 13.0. The molecule has 1 aliphatic carbocycles. The number of anilines is 1. The van der Waals surface area contributed by atoms with E-state index in [1.807, 2.05) is 43.3 Å². The number of rotatable bonds is 4. The third-order valence-corrected chi connectivity index (χ3v) is 5.72. The van der Waals surface area contributed by atoms with E-state index in [0.717, 1.165) is 16.0 Å². The lowest BCUT2D eigenvalue weighted by Gasteiger charge is -2.16. The first-order valence-electron chi connectivity index (χ1n) is 9.23. The van der Waals surface area contributed by atoms with Gasteiger partial charge < -0.3 is 10.5 Å². The average Bonchev–Trinajstić information content (AvgIpc) is 3.03. The molecule has 3 aromatic carbocycles. The van der Waals surface area contributed by atoms with Crippen LogP contribution in [0.25, 0.3) is 11.1 Å². The first kappa shape index (κ1) is 18.6. The normalized spacial score (nSPS) is 12.4. The Morgan fingerprint density at radius 1 is 1.07 bits per heavy atom. The molecule has 3 N–H and O–H groups in total. The predicted molar refractivity (Wildman–Crippen MR) is 115 cm³/mol. The zero-order valence-corrected chi connectivity index (χ0v) is 16.5. The van der Waals surface area contributed by atoms with Crippen LogP contribution < -0.4 is 11.1 Å². The Morgan fingerprint density at radius 2 is 1.68 bits per heavy atom. The van der Waals surface area contributed by atoms with Crippen molar-refractivity contribution in [1.82, 2.24) is 0 Å². The molecule has 4 rings (SSSR count). The van der Waals surface area contributed by atoms with Gasteiger partial charge in [0.15, 0.2) is 0 Å². The van der Waals surface area contributed by atoms with Crippen molar-refractivity contribution in [3.05, 3.63) is 82.9 Å². The Kier molecular flexibility index (Phi) is 5.11. The number of fused-ring (bicyclic) bond motifs is 3. The summed E-state index contributed by atoms with van der Waals surface area (Å²) in [5, 5.41) is 2.83. The van der Waals surface area contributed by atoms with E-state index < -0.39 is 6.09 Å². The maximum Gasteiger partial charge on any atom is 0.411 e. The average molecular weight is 391 g/mol. The molecule has 0 bridgehead atoms. The molecule has 0 aliphatic heterocycles. The lowest BCUT2D eigenvalue weighted by molar-refractivity contribution is 0.158. The highest BCUT2D eigenvalue weighted by molar-refractivity contribution is 7.80. The molecule has 0 spiro atoms. The van der Waals surface area contributed by atoms with Crippen LogP contribution in [0.3, 0.4) is 0 Å². The highest BCUT2D eigenvalue weighted by atomic mass is 32.1. The molecule has 0 atom stereocenters. The second-order valence-corrected chi connectivity index (χ2v) is 7.42. The fraction of sp³-hybridized carbons (Fsp3) is 0.174. The van der Waals surface area contributed by atoms with Crippen molar-refractivity contribution >= 4 is 24.4 Å². The number of thiol groups is 1. The van der Waals surface area contributed by atoms with Crippen molar-refractivity contribution in [2.24, 2.45) is 5.73 Å². The molecule has 5 heteroatoms. The summed E-state index contributed by atoms with van der Waals surface area (Å²) in [6.07, 6.45) is -0.480. The fourth-order valence-corrected chi connectivity index (χ4v) is 4.04. The summed E-state index contributed by atoms with van der Waals surface area (Å²) >= 11 is 4.45. The quantitative estimate of drug-likeness (QED) is 0.543. The number of amides is 1. The summed E-state index contributed by atoms with van der Waals surface area (Å²) in [6.45, 7) is 2.57. The van der Waals surface area contributed by atoms with E-state index in [0.29, 0.717) is 12.2 Å². The monoisotopic (exact) mass is 390 g/mol. The van der Waals surface area contributed by atoms with E-state index >= 15 is 0 Å². The molecule has 0 saturated heterocycles. The summed E-state index contributed by atoms with van der Waals surface area (Å²) in [6, 6.07) is 20.3. The molecule has 28 heavy (non-hydrogen) atoms. The molecule has 4 nitrogen and oxygen atoms in total. The minimum atomic E-state index is -0.480. The van der Waals surface area contributed by atoms with Crippen molar-refractivity contribution in [2.45, 2.75) is 24.3 Å². The van der Waals surface area contributed by atoms with E-state index in [1.54, 1.807) is 0 Å². The third-order valence-electron chi connectivity index (χ3n) is 5.26. The Morgan fingerprint density at radius 3 is 2.29 bits per heavy atom. The molecule has 1 aliphatic rings. The Balaban J connectivity index is 1.51. The van der Waals surface area contributed by atoms with Crippen LogP contribution in [0.5, 0.6) is 0 Å². The molecule has 0 unspecified atom stereocenters. The van der Waals surface area contributed by atoms with Gasteiger partial charge in [-0.1, -0.05) is 48.5 Å². The van der Waals surface area contributed by atoms with Gasteiger partial charge in [0.2, 0.25) is 0 Å². The molecule has 0 radical (unpaired) electrons. The molecule has 1 amide bonds. The first-order chi connectivity index (χ1) is 13.6. The van der Waals surface area contributed by atoms with Gasteiger partial charge in [0.1, 0.15) is 6.61 Å². The molecule has 0 fully saturated rings. The molecule has 3 aromatic rings. The summed E-state index contributed by atoms with van der Waals surface area (Å²) in [7, 11) is 0. The predicted octanol–water partition coefficient (Wildman–Crippen LogP) is 5.10. The van der Waals surface area contributed by atoms with E-state index in [1.165, 1.54) is 22.3 Å². The van der Waals surface area contributed by atoms with E-state index in [4.69, 9.17) is 10.5 Å².